The zero-order chi connectivity index (χ0) is 13.6. The van der Waals surface area contributed by atoms with E-state index < -0.39 is 11.5 Å². The maximum absolute atomic E-state index is 11.7. The van der Waals surface area contributed by atoms with Crippen LogP contribution in [0.4, 0.5) is 0 Å². The van der Waals surface area contributed by atoms with Gasteiger partial charge < -0.3 is 15.2 Å². The lowest BCUT2D eigenvalue weighted by molar-refractivity contribution is -0.147. The Balaban J connectivity index is 2.32. The maximum atomic E-state index is 11.7. The number of carboxylic acid groups (broad SMARTS) is 1. The second kappa shape index (κ2) is 6.99. The largest absolute Gasteiger partial charge is 0.479 e. The third kappa shape index (κ3) is 4.49. The summed E-state index contributed by atoms with van der Waals surface area (Å²) in [5.41, 5.74) is -1.21. The van der Waals surface area contributed by atoms with Gasteiger partial charge >= 0.3 is 5.97 Å². The number of ether oxygens (including phenoxy) is 1. The van der Waals surface area contributed by atoms with Crippen LogP contribution in [0.1, 0.15) is 26.7 Å². The number of amides is 1. The van der Waals surface area contributed by atoms with Crippen LogP contribution in [0.2, 0.25) is 0 Å². The molecule has 1 aliphatic rings. The van der Waals surface area contributed by atoms with E-state index >= 15 is 0 Å². The molecule has 1 unspecified atom stereocenters. The van der Waals surface area contributed by atoms with Crippen LogP contribution in [0.5, 0.6) is 0 Å². The van der Waals surface area contributed by atoms with Crippen molar-refractivity contribution in [2.75, 3.05) is 24.7 Å². The Morgan fingerprint density at radius 2 is 2.22 bits per heavy atom. The van der Waals surface area contributed by atoms with E-state index in [1.165, 1.54) is 11.8 Å². The molecule has 1 atom stereocenters. The number of aliphatic carboxylic acids is 1. The van der Waals surface area contributed by atoms with Crippen molar-refractivity contribution >= 4 is 23.6 Å². The topological polar surface area (TPSA) is 75.6 Å². The van der Waals surface area contributed by atoms with Crippen molar-refractivity contribution in [3.05, 3.63) is 0 Å². The fourth-order valence-electron chi connectivity index (χ4n) is 1.67. The molecule has 0 aromatic rings. The highest BCUT2D eigenvalue weighted by molar-refractivity contribution is 7.99. The zero-order valence-electron chi connectivity index (χ0n) is 10.9. The molecule has 1 aliphatic heterocycles. The van der Waals surface area contributed by atoms with Crippen LogP contribution in [-0.4, -0.2) is 47.2 Å². The first-order valence-electron chi connectivity index (χ1n) is 6.16. The summed E-state index contributed by atoms with van der Waals surface area (Å²) in [6.45, 7) is 4.71. The van der Waals surface area contributed by atoms with Gasteiger partial charge in [-0.1, -0.05) is 13.8 Å². The molecule has 1 saturated heterocycles. The predicted molar refractivity (Wildman–Crippen MR) is 70.7 cm³/mol. The summed E-state index contributed by atoms with van der Waals surface area (Å²) in [6.07, 6.45) is 1.40. The van der Waals surface area contributed by atoms with E-state index in [4.69, 9.17) is 9.84 Å². The summed E-state index contributed by atoms with van der Waals surface area (Å²) < 4.78 is 5.08. The Hall–Kier alpha value is -0.750. The molecule has 18 heavy (non-hydrogen) atoms. The van der Waals surface area contributed by atoms with Crippen LogP contribution < -0.4 is 5.32 Å². The maximum Gasteiger partial charge on any atom is 0.331 e. The molecule has 5 nitrogen and oxygen atoms in total. The smallest absolute Gasteiger partial charge is 0.331 e. The molecular formula is C12H21NO4S. The molecule has 1 heterocycles. The molecule has 1 amide bonds. The molecular weight excluding hydrogens is 254 g/mol. The van der Waals surface area contributed by atoms with E-state index in [2.05, 4.69) is 19.2 Å². The molecule has 0 saturated carbocycles. The van der Waals surface area contributed by atoms with Gasteiger partial charge in [0.1, 0.15) is 0 Å². The molecule has 0 radical (unpaired) electrons. The predicted octanol–water partition coefficient (Wildman–Crippen LogP) is 1.13. The van der Waals surface area contributed by atoms with Crippen LogP contribution in [0.3, 0.4) is 0 Å². The molecule has 104 valence electrons. The van der Waals surface area contributed by atoms with Gasteiger partial charge in [0.05, 0.1) is 12.4 Å². The number of hydrogen-bond acceptors (Lipinski definition) is 4. The number of rotatable bonds is 7. The van der Waals surface area contributed by atoms with Crippen molar-refractivity contribution in [1.29, 1.82) is 0 Å². The third-order valence-corrected chi connectivity index (χ3v) is 3.87. The standard InChI is InChI=1S/C12H21NO4S/c1-9(2)3-6-18-7-10(14)13-12(11(15)16)4-5-17-8-12/h9H,3-8H2,1-2H3,(H,13,14)(H,15,16). The summed E-state index contributed by atoms with van der Waals surface area (Å²) in [6, 6.07) is 0. The highest BCUT2D eigenvalue weighted by atomic mass is 32.2. The van der Waals surface area contributed by atoms with Crippen molar-refractivity contribution < 1.29 is 19.4 Å². The first-order chi connectivity index (χ1) is 8.46. The fourth-order valence-corrected chi connectivity index (χ4v) is 2.71. The summed E-state index contributed by atoms with van der Waals surface area (Å²) in [5.74, 6) is 0.606. The van der Waals surface area contributed by atoms with Crippen LogP contribution in [0.15, 0.2) is 0 Å². The Labute approximate surface area is 112 Å². The van der Waals surface area contributed by atoms with E-state index in [1.807, 2.05) is 0 Å². The lowest BCUT2D eigenvalue weighted by Gasteiger charge is -2.23. The number of carbonyl (C=O) groups excluding carboxylic acids is 1. The van der Waals surface area contributed by atoms with Gasteiger partial charge in [-0.25, -0.2) is 4.79 Å². The van der Waals surface area contributed by atoms with E-state index in [0.29, 0.717) is 24.7 Å². The van der Waals surface area contributed by atoms with Crippen molar-refractivity contribution in [1.82, 2.24) is 5.32 Å². The first-order valence-corrected chi connectivity index (χ1v) is 7.31. The van der Waals surface area contributed by atoms with Crippen molar-refractivity contribution in [3.63, 3.8) is 0 Å². The minimum absolute atomic E-state index is 0.0603. The molecule has 1 rings (SSSR count). The van der Waals surface area contributed by atoms with Crippen molar-refractivity contribution in [2.45, 2.75) is 32.2 Å². The molecule has 0 aromatic heterocycles. The van der Waals surface area contributed by atoms with Crippen molar-refractivity contribution in [3.8, 4) is 0 Å². The minimum atomic E-state index is -1.21. The Morgan fingerprint density at radius 1 is 1.50 bits per heavy atom. The van der Waals surface area contributed by atoms with Gasteiger partial charge in [-0.05, 0) is 18.1 Å². The van der Waals surface area contributed by atoms with Gasteiger partial charge in [0.2, 0.25) is 5.91 Å². The number of hydrogen-bond donors (Lipinski definition) is 2. The van der Waals surface area contributed by atoms with Crippen molar-refractivity contribution in [2.24, 2.45) is 5.92 Å². The normalized spacial score (nSPS) is 23.3. The number of thioether (sulfide) groups is 1. The van der Waals surface area contributed by atoms with Crippen LogP contribution in [0.25, 0.3) is 0 Å². The first kappa shape index (κ1) is 15.3. The number of nitrogens with one attached hydrogen (secondary N) is 1. The molecule has 2 N–H and O–H groups in total. The highest BCUT2D eigenvalue weighted by Gasteiger charge is 2.43. The van der Waals surface area contributed by atoms with Gasteiger partial charge in [0, 0.05) is 13.0 Å². The van der Waals surface area contributed by atoms with Crippen LogP contribution in [-0.2, 0) is 14.3 Å². The Kier molecular flexibility index (Phi) is 5.95. The third-order valence-electron chi connectivity index (χ3n) is 2.88. The lowest BCUT2D eigenvalue weighted by atomic mass is 9.99. The number of carboxylic acids is 1. The Bertz CT molecular complexity index is 300. The van der Waals surface area contributed by atoms with E-state index in [-0.39, 0.29) is 12.5 Å². The fraction of sp³-hybridized carbons (Fsp3) is 0.833. The van der Waals surface area contributed by atoms with Gasteiger partial charge in [-0.15, -0.1) is 0 Å². The molecule has 0 aliphatic carbocycles. The summed E-state index contributed by atoms with van der Waals surface area (Å²) in [4.78, 5) is 22.9. The molecule has 0 aromatic carbocycles. The summed E-state index contributed by atoms with van der Waals surface area (Å²) >= 11 is 1.54. The van der Waals surface area contributed by atoms with Gasteiger partial charge in [0.15, 0.2) is 5.54 Å². The summed E-state index contributed by atoms with van der Waals surface area (Å²) in [7, 11) is 0. The monoisotopic (exact) mass is 275 g/mol. The molecule has 0 bridgehead atoms. The average Bonchev–Trinajstić information content (AvgIpc) is 2.74. The molecule has 6 heteroatoms. The van der Waals surface area contributed by atoms with Gasteiger partial charge in [0.25, 0.3) is 0 Å². The van der Waals surface area contributed by atoms with Gasteiger partial charge in [-0.3, -0.25) is 4.79 Å². The highest BCUT2D eigenvalue weighted by Crippen LogP contribution is 2.19. The SMILES string of the molecule is CC(C)CCSCC(=O)NC1(C(=O)O)CCOC1. The van der Waals surface area contributed by atoms with Crippen LogP contribution >= 0.6 is 11.8 Å². The van der Waals surface area contributed by atoms with E-state index in [1.54, 1.807) is 0 Å². The number of carbonyl (C=O) groups is 2. The summed E-state index contributed by atoms with van der Waals surface area (Å²) in [5, 5.41) is 11.8. The van der Waals surface area contributed by atoms with Gasteiger partial charge in [-0.2, -0.15) is 11.8 Å². The second-order valence-corrected chi connectivity index (χ2v) is 6.08. The lowest BCUT2D eigenvalue weighted by Crippen LogP contribution is -2.55. The molecule has 1 fully saturated rings. The van der Waals surface area contributed by atoms with Crippen LogP contribution in [0, 0.1) is 5.92 Å². The van der Waals surface area contributed by atoms with E-state index in [0.717, 1.165) is 12.2 Å². The molecule has 0 spiro atoms. The zero-order valence-corrected chi connectivity index (χ0v) is 11.7. The minimum Gasteiger partial charge on any atom is -0.479 e. The second-order valence-electron chi connectivity index (χ2n) is 4.97. The average molecular weight is 275 g/mol. The Morgan fingerprint density at radius 3 is 2.72 bits per heavy atom. The van der Waals surface area contributed by atoms with E-state index in [9.17, 15) is 9.59 Å². The quantitative estimate of drug-likeness (QED) is 0.681.